The number of aryl methyl sites for hydroxylation is 1. The van der Waals surface area contributed by atoms with Gasteiger partial charge in [-0.15, -0.1) is 0 Å². The normalized spacial score (nSPS) is 10.8. The smallest absolute Gasteiger partial charge is 0.128 e. The number of aliphatic hydroxyl groups is 1. The Kier molecular flexibility index (Phi) is 2.92. The van der Waals surface area contributed by atoms with Gasteiger partial charge in [0, 0.05) is 18.1 Å². The minimum atomic E-state index is 0.0465. The fourth-order valence-corrected chi connectivity index (χ4v) is 1.75. The molecule has 3 heteroatoms. The van der Waals surface area contributed by atoms with Gasteiger partial charge in [-0.05, 0) is 25.1 Å². The summed E-state index contributed by atoms with van der Waals surface area (Å²) < 4.78 is 7.63. The molecular formula is C12H15NO2. The van der Waals surface area contributed by atoms with Gasteiger partial charge in [-0.3, -0.25) is 0 Å². The van der Waals surface area contributed by atoms with Gasteiger partial charge in [0.2, 0.25) is 0 Å². The maximum absolute atomic E-state index is 8.72. The number of rotatable bonds is 4. The molecule has 0 aliphatic rings. The summed E-state index contributed by atoms with van der Waals surface area (Å²) in [5.74, 6) is 0.841. The first-order valence-corrected chi connectivity index (χ1v) is 5.18. The second-order valence-corrected chi connectivity index (χ2v) is 3.36. The van der Waals surface area contributed by atoms with Crippen LogP contribution in [0, 0.1) is 0 Å². The lowest BCUT2D eigenvalue weighted by molar-refractivity contribution is 0.203. The summed E-state index contributed by atoms with van der Waals surface area (Å²) >= 11 is 0. The highest BCUT2D eigenvalue weighted by molar-refractivity contribution is 5.86. The van der Waals surface area contributed by atoms with Crippen molar-refractivity contribution in [1.29, 1.82) is 0 Å². The molecule has 0 bridgehead atoms. The summed E-state index contributed by atoms with van der Waals surface area (Å²) in [6.07, 6.45) is 2.05. The van der Waals surface area contributed by atoms with Crippen molar-refractivity contribution >= 4 is 10.9 Å². The molecule has 0 aliphatic carbocycles. The van der Waals surface area contributed by atoms with Crippen molar-refractivity contribution in [2.75, 3.05) is 13.2 Å². The molecule has 3 nitrogen and oxygen atoms in total. The minimum Gasteiger partial charge on any atom is -0.490 e. The van der Waals surface area contributed by atoms with Crippen LogP contribution in [0.5, 0.6) is 5.75 Å². The third-order valence-electron chi connectivity index (χ3n) is 2.46. The Labute approximate surface area is 88.9 Å². The molecule has 0 saturated carbocycles. The van der Waals surface area contributed by atoms with E-state index in [2.05, 4.69) is 23.8 Å². The van der Waals surface area contributed by atoms with Crippen molar-refractivity contribution in [3.8, 4) is 5.75 Å². The topological polar surface area (TPSA) is 34.4 Å². The van der Waals surface area contributed by atoms with Crippen LogP contribution < -0.4 is 4.74 Å². The molecule has 2 rings (SSSR count). The second-order valence-electron chi connectivity index (χ2n) is 3.36. The van der Waals surface area contributed by atoms with E-state index < -0.39 is 0 Å². The van der Waals surface area contributed by atoms with Crippen molar-refractivity contribution in [3.63, 3.8) is 0 Å². The number of nitrogens with zero attached hydrogens (tertiary/aromatic N) is 1. The highest BCUT2D eigenvalue weighted by atomic mass is 16.5. The van der Waals surface area contributed by atoms with Crippen LogP contribution in [-0.4, -0.2) is 22.9 Å². The molecular weight excluding hydrogens is 190 g/mol. The molecule has 80 valence electrons. The number of hydrogen-bond acceptors (Lipinski definition) is 2. The Bertz CT molecular complexity index is 448. The van der Waals surface area contributed by atoms with Gasteiger partial charge < -0.3 is 14.4 Å². The molecule has 1 heterocycles. The Hall–Kier alpha value is -1.48. The van der Waals surface area contributed by atoms with Gasteiger partial charge in [0.25, 0.3) is 0 Å². The number of aliphatic hydroxyl groups excluding tert-OH is 1. The molecule has 1 aromatic carbocycles. The summed E-state index contributed by atoms with van der Waals surface area (Å²) in [4.78, 5) is 0. The first kappa shape index (κ1) is 10.1. The molecule has 1 N–H and O–H groups in total. The number of fused-ring (bicyclic) bond motifs is 1. The van der Waals surface area contributed by atoms with E-state index in [9.17, 15) is 0 Å². The van der Waals surface area contributed by atoms with Gasteiger partial charge in [0.05, 0.1) is 12.1 Å². The van der Waals surface area contributed by atoms with E-state index in [0.29, 0.717) is 6.61 Å². The van der Waals surface area contributed by atoms with Crippen molar-refractivity contribution < 1.29 is 9.84 Å². The summed E-state index contributed by atoms with van der Waals surface area (Å²) in [5.41, 5.74) is 1.17. The zero-order valence-corrected chi connectivity index (χ0v) is 8.81. The average molecular weight is 205 g/mol. The van der Waals surface area contributed by atoms with E-state index in [-0.39, 0.29) is 6.61 Å². The molecule has 2 aromatic rings. The highest BCUT2D eigenvalue weighted by Gasteiger charge is 2.04. The lowest BCUT2D eigenvalue weighted by atomic mass is 10.2. The SMILES string of the molecule is CCn1ccc2c(OCCO)cccc21. The van der Waals surface area contributed by atoms with Gasteiger partial charge in [0.15, 0.2) is 0 Å². The van der Waals surface area contributed by atoms with Crippen LogP contribution in [0.25, 0.3) is 10.9 Å². The van der Waals surface area contributed by atoms with Crippen LogP contribution in [0.2, 0.25) is 0 Å². The zero-order chi connectivity index (χ0) is 10.7. The van der Waals surface area contributed by atoms with Crippen LogP contribution in [0.3, 0.4) is 0 Å². The summed E-state index contributed by atoms with van der Waals surface area (Å²) in [7, 11) is 0. The summed E-state index contributed by atoms with van der Waals surface area (Å²) in [6, 6.07) is 8.02. The molecule has 0 aliphatic heterocycles. The van der Waals surface area contributed by atoms with Gasteiger partial charge in [0.1, 0.15) is 12.4 Å². The van der Waals surface area contributed by atoms with Crippen LogP contribution in [0.4, 0.5) is 0 Å². The van der Waals surface area contributed by atoms with Crippen LogP contribution in [-0.2, 0) is 6.54 Å². The van der Waals surface area contributed by atoms with E-state index >= 15 is 0 Å². The number of ether oxygens (including phenoxy) is 1. The first-order chi connectivity index (χ1) is 7.36. The monoisotopic (exact) mass is 205 g/mol. The van der Waals surface area contributed by atoms with Crippen molar-refractivity contribution in [3.05, 3.63) is 30.5 Å². The Balaban J connectivity index is 2.42. The third-order valence-corrected chi connectivity index (χ3v) is 2.46. The van der Waals surface area contributed by atoms with Gasteiger partial charge >= 0.3 is 0 Å². The third kappa shape index (κ3) is 1.83. The second kappa shape index (κ2) is 4.36. The van der Waals surface area contributed by atoms with Crippen molar-refractivity contribution in [2.24, 2.45) is 0 Å². The van der Waals surface area contributed by atoms with E-state index in [1.807, 2.05) is 18.2 Å². The van der Waals surface area contributed by atoms with Gasteiger partial charge in [-0.1, -0.05) is 6.07 Å². The van der Waals surface area contributed by atoms with Crippen molar-refractivity contribution in [1.82, 2.24) is 4.57 Å². The Morgan fingerprint density at radius 3 is 2.93 bits per heavy atom. The molecule has 0 unspecified atom stereocenters. The Morgan fingerprint density at radius 2 is 2.20 bits per heavy atom. The molecule has 0 fully saturated rings. The maximum Gasteiger partial charge on any atom is 0.128 e. The van der Waals surface area contributed by atoms with Crippen molar-refractivity contribution in [2.45, 2.75) is 13.5 Å². The predicted molar refractivity (Wildman–Crippen MR) is 60.2 cm³/mol. The summed E-state index contributed by atoms with van der Waals surface area (Å²) in [6.45, 7) is 3.45. The molecule has 0 radical (unpaired) electrons. The first-order valence-electron chi connectivity index (χ1n) is 5.18. The highest BCUT2D eigenvalue weighted by Crippen LogP contribution is 2.26. The number of benzene rings is 1. The predicted octanol–water partition coefficient (Wildman–Crippen LogP) is 2.03. The number of aromatic nitrogens is 1. The minimum absolute atomic E-state index is 0.0465. The van der Waals surface area contributed by atoms with Crippen LogP contribution >= 0.6 is 0 Å². The van der Waals surface area contributed by atoms with Crippen LogP contribution in [0.15, 0.2) is 30.5 Å². The molecule has 0 saturated heterocycles. The van der Waals surface area contributed by atoms with E-state index in [1.165, 1.54) is 5.52 Å². The zero-order valence-electron chi connectivity index (χ0n) is 8.81. The van der Waals surface area contributed by atoms with E-state index in [0.717, 1.165) is 17.7 Å². The lowest BCUT2D eigenvalue weighted by Gasteiger charge is -2.06. The van der Waals surface area contributed by atoms with E-state index in [1.54, 1.807) is 0 Å². The quantitative estimate of drug-likeness (QED) is 0.828. The van der Waals surface area contributed by atoms with Gasteiger partial charge in [-0.2, -0.15) is 0 Å². The summed E-state index contributed by atoms with van der Waals surface area (Å²) in [5, 5.41) is 9.83. The molecule has 0 amide bonds. The fourth-order valence-electron chi connectivity index (χ4n) is 1.75. The Morgan fingerprint density at radius 1 is 1.33 bits per heavy atom. The fraction of sp³-hybridized carbons (Fsp3) is 0.333. The molecule has 0 atom stereocenters. The average Bonchev–Trinajstić information content (AvgIpc) is 2.69. The van der Waals surface area contributed by atoms with E-state index in [4.69, 9.17) is 9.84 Å². The standard InChI is InChI=1S/C12H15NO2/c1-2-13-7-6-10-11(13)4-3-5-12(10)15-9-8-14/h3-7,14H,2,8-9H2,1H3. The molecule has 0 spiro atoms. The lowest BCUT2D eigenvalue weighted by Crippen LogP contribution is -2.01. The number of hydrogen-bond donors (Lipinski definition) is 1. The van der Waals surface area contributed by atoms with Crippen LogP contribution in [0.1, 0.15) is 6.92 Å². The molecule has 15 heavy (non-hydrogen) atoms. The largest absolute Gasteiger partial charge is 0.490 e. The maximum atomic E-state index is 8.72. The van der Waals surface area contributed by atoms with Gasteiger partial charge in [-0.25, -0.2) is 0 Å². The molecule has 1 aromatic heterocycles.